The highest BCUT2D eigenvalue weighted by atomic mass is 28.6. The molecule has 35 heteroatoms. The first-order chi connectivity index (χ1) is 43.6. The van der Waals surface area contributed by atoms with E-state index in [1.54, 1.807) is 6.92 Å². The number of Topliss-reactive ketones (excluding diaryl/α,β-unsaturated/α-hetero) is 1. The number of hydrogen-bond donors (Lipinski definition) is 0. The van der Waals surface area contributed by atoms with Crippen LogP contribution in [0.4, 0.5) is 0 Å². The summed E-state index contributed by atoms with van der Waals surface area (Å²) < 4.78 is 133. The Hall–Kier alpha value is -4.86. The highest BCUT2D eigenvalue weighted by Gasteiger charge is 2.81. The Morgan fingerprint density at radius 1 is 0.269 bits per heavy atom. The Labute approximate surface area is 553 Å². The summed E-state index contributed by atoms with van der Waals surface area (Å²) in [6.45, 7) is 40.4. The van der Waals surface area contributed by atoms with Crippen LogP contribution in [0.5, 0.6) is 0 Å². The van der Waals surface area contributed by atoms with Gasteiger partial charge in [-0.25, -0.2) is 33.6 Å². The SMILES string of the molecule is C=C(C)C(=O)CCCC[Si]12OC[Si]3(CCCOC(=O)C(=C)C)O[Si]4(CCCOC(=O)C(=C)C)O[Si](CCCOC(=O)C(=C)C)(O1)O[Si]1(CCCOC(=O)C(=C)C)O[Si](CCCOC(=O)C(=C)C)(O2)O[Si](CCCOC(=O)C(=C)C)(O3)O[Si](CCCOC(=O)C(=C)C)(O4)O1. The van der Waals surface area contributed by atoms with Gasteiger partial charge in [-0.1, -0.05) is 52.6 Å². The Kier molecular flexibility index (Phi) is 29.6. The summed E-state index contributed by atoms with van der Waals surface area (Å²) in [5, 5.41) is 0. The third-order valence-electron chi connectivity index (χ3n) is 14.1. The number of esters is 7. The molecule has 0 aromatic rings. The largest absolute Gasteiger partial charge is 0.486 e. The van der Waals surface area contributed by atoms with Crippen molar-refractivity contribution in [1.82, 2.24) is 0 Å². The zero-order valence-electron chi connectivity index (χ0n) is 55.1. The van der Waals surface area contributed by atoms with Crippen molar-refractivity contribution in [3.05, 3.63) is 97.2 Å². The van der Waals surface area contributed by atoms with Gasteiger partial charge < -0.3 is 82.9 Å². The number of fused-ring (bicyclic) bond motifs is 1. The van der Waals surface area contributed by atoms with Crippen LogP contribution < -0.4 is 0 Å². The van der Waals surface area contributed by atoms with Crippen LogP contribution in [-0.4, -0.2) is 170 Å². The monoisotopic (exact) mass is 1440 g/mol. The van der Waals surface area contributed by atoms with Crippen LogP contribution in [0.2, 0.25) is 48.4 Å². The first kappa shape index (κ1) is 78.8. The molecule has 0 amide bonds. The van der Waals surface area contributed by atoms with E-state index < -0.39 is 118 Å². The quantitative estimate of drug-likeness (QED) is 0.0182. The van der Waals surface area contributed by atoms with Gasteiger partial charge in [0.1, 0.15) is 0 Å². The lowest BCUT2D eigenvalue weighted by Crippen LogP contribution is -2.84. The standard InChI is InChI=1S/C58H92O27Si8/c1-43(2)51(59)26-17-18-35-87-74-42-86(34-19-27-67-52(60)44(3)4)75-88(36-20-28-68-53(61)45(5)6)79-90(77-87,38-22-30-70-55(63)47(9)10)83-93(41-25-33-73-58(66)50(15)16)84-91(78-87,39-23-31-71-56(64)48(11)12)80-89(76-86,37-21-29-69-54(62)46(7)8)82-92(81-88,85-93)40-24-32-72-57(65)49(13)14/h1,3,5,7,9,11,13,15,17-42H2,2,4,6,8,10,12,14,16H3. The number of carbonyl (C=O) groups is 8. The summed E-state index contributed by atoms with van der Waals surface area (Å²) in [5.41, 5.74) is 1.19. The molecule has 0 aliphatic carbocycles. The topological polar surface area (TPSA) is 312 Å². The summed E-state index contributed by atoms with van der Waals surface area (Å²) in [6.07, 6.45) is -0.127. The van der Waals surface area contributed by atoms with Gasteiger partial charge in [-0.3, -0.25) is 4.79 Å². The van der Waals surface area contributed by atoms with Crippen molar-refractivity contribution in [1.29, 1.82) is 0 Å². The van der Waals surface area contributed by atoms with Crippen molar-refractivity contribution in [2.45, 2.75) is 168 Å². The average molecular weight is 1450 g/mol. The fourth-order valence-corrected chi connectivity index (χ4v) is 58.9. The Morgan fingerprint density at radius 3 is 0.699 bits per heavy atom. The smallest absolute Gasteiger partial charge is 0.462 e. The molecule has 6 aliphatic heterocycles. The molecule has 4 atom stereocenters. The van der Waals surface area contributed by atoms with Gasteiger partial charge in [0.15, 0.2) is 5.78 Å². The van der Waals surface area contributed by atoms with Crippen LogP contribution in [0.3, 0.4) is 0 Å². The van der Waals surface area contributed by atoms with E-state index in [1.807, 2.05) is 0 Å². The summed E-state index contributed by atoms with van der Waals surface area (Å²) in [6, 6.07) is -1.51. The van der Waals surface area contributed by atoms with Gasteiger partial charge in [-0.15, -0.1) is 0 Å². The van der Waals surface area contributed by atoms with Crippen molar-refractivity contribution in [3.8, 4) is 0 Å². The summed E-state index contributed by atoms with van der Waals surface area (Å²) in [7, 11) is -38.9. The van der Waals surface area contributed by atoms with E-state index in [4.69, 9.17) is 82.9 Å². The van der Waals surface area contributed by atoms with Crippen LogP contribution in [0.15, 0.2) is 97.2 Å². The molecule has 0 radical (unpaired) electrons. The van der Waals surface area contributed by atoms with E-state index in [0.717, 1.165) is 0 Å². The number of unbranched alkanes of at least 4 members (excludes halogenated alkanes) is 1. The van der Waals surface area contributed by atoms with Crippen molar-refractivity contribution in [2.75, 3.05) is 52.5 Å². The Balaban J connectivity index is 1.98. The summed E-state index contributed by atoms with van der Waals surface area (Å²) in [4.78, 5) is 105. The predicted molar refractivity (Wildman–Crippen MR) is 349 cm³/mol. The second-order valence-corrected chi connectivity index (χ2v) is 48.6. The van der Waals surface area contributed by atoms with Crippen LogP contribution in [0.1, 0.15) is 120 Å². The molecule has 518 valence electrons. The molecule has 0 aromatic carbocycles. The maximum absolute atomic E-state index is 13.2. The third kappa shape index (κ3) is 23.4. The van der Waals surface area contributed by atoms with E-state index in [2.05, 4.69) is 52.6 Å². The van der Waals surface area contributed by atoms with Gasteiger partial charge in [0, 0.05) is 87.7 Å². The molecular formula is C58H92O27Si8. The third-order valence-corrected chi connectivity index (χ3v) is 51.3. The molecule has 6 fully saturated rings. The fraction of sp³-hybridized carbons (Fsp3) is 0.586. The van der Waals surface area contributed by atoms with E-state index in [1.165, 1.54) is 48.5 Å². The maximum atomic E-state index is 13.2. The van der Waals surface area contributed by atoms with Crippen LogP contribution in [-0.2, 0) is 121 Å². The number of ketones is 1. The minimum absolute atomic E-state index is 0.0314. The molecule has 27 nitrogen and oxygen atoms in total. The second kappa shape index (κ2) is 34.9. The second-order valence-electron chi connectivity index (χ2n) is 23.7. The first-order valence-corrected chi connectivity index (χ1v) is 46.7. The summed E-state index contributed by atoms with van der Waals surface area (Å²) in [5.74, 6) is -5.04. The van der Waals surface area contributed by atoms with Crippen LogP contribution in [0, 0.1) is 0 Å². The van der Waals surface area contributed by atoms with E-state index in [0.29, 0.717) is 5.57 Å². The lowest BCUT2D eigenvalue weighted by atomic mass is 10.1. The van der Waals surface area contributed by atoms with Gasteiger partial charge in [0.05, 0.1) is 52.5 Å². The van der Waals surface area contributed by atoms with Crippen LogP contribution >= 0.6 is 0 Å². The Bertz CT molecular complexity index is 2610. The van der Waals surface area contributed by atoms with Gasteiger partial charge in [-0.2, -0.15) is 0 Å². The number of rotatable bonds is 41. The van der Waals surface area contributed by atoms with Gasteiger partial charge in [0.2, 0.25) is 0 Å². The molecule has 6 aliphatic rings. The molecule has 0 aromatic heterocycles. The molecule has 0 saturated carbocycles. The van der Waals surface area contributed by atoms with Gasteiger partial charge >= 0.3 is 112 Å². The van der Waals surface area contributed by atoms with E-state index >= 15 is 0 Å². The number of hydrogen-bond acceptors (Lipinski definition) is 27. The molecular weight excluding hydrogens is 1350 g/mol. The number of carbonyl (C=O) groups excluding carboxylic acids is 8. The number of ether oxygens (including phenoxy) is 7. The molecule has 6 heterocycles. The summed E-state index contributed by atoms with van der Waals surface area (Å²) >= 11 is 0. The first-order valence-electron chi connectivity index (χ1n) is 30.9. The molecule has 6 saturated heterocycles. The highest BCUT2D eigenvalue weighted by molar-refractivity contribution is 7.02. The average Bonchev–Trinajstić information content (AvgIpc) is 1.69. The lowest BCUT2D eigenvalue weighted by molar-refractivity contribution is -0.139. The zero-order valence-corrected chi connectivity index (χ0v) is 63.1. The molecule has 0 spiro atoms. The maximum Gasteiger partial charge on any atom is 0.486 e. The van der Waals surface area contributed by atoms with Gasteiger partial charge in [-0.05, 0) is 125 Å². The molecule has 93 heavy (non-hydrogen) atoms. The lowest BCUT2D eigenvalue weighted by Gasteiger charge is -2.59. The van der Waals surface area contributed by atoms with Gasteiger partial charge in [0.25, 0.3) is 0 Å². The van der Waals surface area contributed by atoms with E-state index in [9.17, 15) is 38.4 Å². The van der Waals surface area contributed by atoms with Crippen molar-refractivity contribution < 1.29 is 121 Å². The minimum Gasteiger partial charge on any atom is -0.462 e. The van der Waals surface area contributed by atoms with E-state index in [-0.39, 0.29) is 204 Å². The molecule has 6 rings (SSSR count). The number of allylic oxidation sites excluding steroid dienone is 1. The molecule has 8 bridgehead atoms. The highest BCUT2D eigenvalue weighted by Crippen LogP contribution is 2.53. The Morgan fingerprint density at radius 2 is 0.473 bits per heavy atom. The zero-order chi connectivity index (χ0) is 69.1. The normalized spacial score (nSPS) is 27.4. The minimum atomic E-state index is -4.95. The predicted octanol–water partition coefficient (Wildman–Crippen LogP) is 8.69. The molecule has 0 N–H and O–H groups in total. The van der Waals surface area contributed by atoms with Crippen molar-refractivity contribution in [3.63, 3.8) is 0 Å². The fourth-order valence-electron chi connectivity index (χ4n) is 9.65. The van der Waals surface area contributed by atoms with Crippen molar-refractivity contribution in [2.24, 2.45) is 0 Å². The van der Waals surface area contributed by atoms with Crippen molar-refractivity contribution >= 4 is 118 Å². The van der Waals surface area contributed by atoms with Crippen LogP contribution in [0.25, 0.3) is 0 Å². The molecule has 4 unspecified atom stereocenters.